The van der Waals surface area contributed by atoms with Gasteiger partial charge in [-0.05, 0) is 38.9 Å². The van der Waals surface area contributed by atoms with E-state index in [9.17, 15) is 5.11 Å². The van der Waals surface area contributed by atoms with Crippen LogP contribution in [-0.4, -0.2) is 48.3 Å². The zero-order chi connectivity index (χ0) is 14.0. The number of para-hydroxylation sites is 1. The second kappa shape index (κ2) is 5.51. The number of piperazine rings is 1. The minimum atomic E-state index is 0.131. The van der Waals surface area contributed by atoms with Crippen molar-refractivity contribution in [3.8, 4) is 0 Å². The summed E-state index contributed by atoms with van der Waals surface area (Å²) in [4.78, 5) is 4.73. The van der Waals surface area contributed by atoms with Crippen LogP contribution < -0.4 is 4.90 Å². The van der Waals surface area contributed by atoms with E-state index >= 15 is 0 Å². The van der Waals surface area contributed by atoms with Gasteiger partial charge in [0.2, 0.25) is 0 Å². The molecule has 1 unspecified atom stereocenters. The molecule has 1 saturated heterocycles. The van der Waals surface area contributed by atoms with Crippen molar-refractivity contribution in [2.24, 2.45) is 0 Å². The first-order chi connectivity index (χ1) is 8.99. The Bertz CT molecular complexity index is 431. The van der Waals surface area contributed by atoms with Gasteiger partial charge < -0.3 is 10.0 Å². The number of rotatable bonds is 3. The van der Waals surface area contributed by atoms with E-state index in [1.54, 1.807) is 0 Å². The van der Waals surface area contributed by atoms with Gasteiger partial charge in [0.1, 0.15) is 0 Å². The topological polar surface area (TPSA) is 26.7 Å². The molecule has 0 aromatic heterocycles. The van der Waals surface area contributed by atoms with Gasteiger partial charge in [-0.3, -0.25) is 4.90 Å². The molecule has 1 atom stereocenters. The molecule has 106 valence electrons. The summed E-state index contributed by atoms with van der Waals surface area (Å²) in [5.41, 5.74) is 2.78. The number of nitrogens with zero attached hydrogens (tertiary/aromatic N) is 2. The summed E-state index contributed by atoms with van der Waals surface area (Å²) in [7, 11) is 2.14. The smallest absolute Gasteiger partial charge is 0.0648 e. The van der Waals surface area contributed by atoms with Crippen LogP contribution in [-0.2, 0) is 6.42 Å². The number of aliphatic hydroxyl groups excluding tert-OH is 1. The number of benzene rings is 1. The maximum absolute atomic E-state index is 9.71. The fourth-order valence-electron chi connectivity index (χ4n) is 2.86. The molecule has 0 bridgehead atoms. The average molecular weight is 262 g/mol. The standard InChI is InChI=1S/C16H26N2O/c1-5-13-8-6-7-9-15(13)18-12-16(2,3)17(4)10-14(18)11-19/h6-9,14,19H,5,10-12H2,1-4H3. The fraction of sp³-hybridized carbons (Fsp3) is 0.625. The minimum absolute atomic E-state index is 0.131. The molecule has 1 aliphatic heterocycles. The molecule has 19 heavy (non-hydrogen) atoms. The van der Waals surface area contributed by atoms with Gasteiger partial charge in [0.15, 0.2) is 0 Å². The quantitative estimate of drug-likeness (QED) is 0.904. The molecule has 0 saturated carbocycles. The third-order valence-electron chi connectivity index (χ3n) is 4.41. The van der Waals surface area contributed by atoms with Crippen molar-refractivity contribution in [3.05, 3.63) is 29.8 Å². The molecular weight excluding hydrogens is 236 g/mol. The van der Waals surface area contributed by atoms with E-state index in [4.69, 9.17) is 0 Å². The Morgan fingerprint density at radius 2 is 2.00 bits per heavy atom. The number of hydrogen-bond donors (Lipinski definition) is 1. The van der Waals surface area contributed by atoms with Crippen molar-refractivity contribution in [3.63, 3.8) is 0 Å². The summed E-state index contributed by atoms with van der Waals surface area (Å²) in [6, 6.07) is 8.75. The number of aryl methyl sites for hydroxylation is 1. The van der Waals surface area contributed by atoms with Crippen molar-refractivity contribution >= 4 is 5.69 Å². The van der Waals surface area contributed by atoms with E-state index in [2.05, 4.69) is 61.9 Å². The summed E-state index contributed by atoms with van der Waals surface area (Å²) in [6.07, 6.45) is 1.03. The maximum Gasteiger partial charge on any atom is 0.0648 e. The van der Waals surface area contributed by atoms with Crippen molar-refractivity contribution < 1.29 is 5.11 Å². The molecule has 0 amide bonds. The van der Waals surface area contributed by atoms with Crippen LogP contribution in [0.4, 0.5) is 5.69 Å². The first kappa shape index (κ1) is 14.4. The van der Waals surface area contributed by atoms with E-state index in [0.717, 1.165) is 19.5 Å². The van der Waals surface area contributed by atoms with Crippen molar-refractivity contribution in [2.75, 3.05) is 31.6 Å². The molecule has 3 heteroatoms. The van der Waals surface area contributed by atoms with E-state index in [1.807, 2.05) is 0 Å². The lowest BCUT2D eigenvalue weighted by Gasteiger charge is -2.50. The molecule has 0 radical (unpaired) electrons. The van der Waals surface area contributed by atoms with Crippen LogP contribution in [0.2, 0.25) is 0 Å². The van der Waals surface area contributed by atoms with Crippen molar-refractivity contribution in [1.29, 1.82) is 0 Å². The zero-order valence-electron chi connectivity index (χ0n) is 12.6. The Balaban J connectivity index is 2.35. The molecule has 2 rings (SSSR count). The number of anilines is 1. The molecule has 1 heterocycles. The zero-order valence-corrected chi connectivity index (χ0v) is 12.6. The summed E-state index contributed by atoms with van der Waals surface area (Å²) in [5, 5.41) is 9.71. The van der Waals surface area contributed by atoms with Crippen LogP contribution in [0.3, 0.4) is 0 Å². The van der Waals surface area contributed by atoms with Gasteiger partial charge in [-0.1, -0.05) is 25.1 Å². The third kappa shape index (κ3) is 2.77. The van der Waals surface area contributed by atoms with Gasteiger partial charge in [0.05, 0.1) is 12.6 Å². The predicted molar refractivity (Wildman–Crippen MR) is 80.7 cm³/mol. The molecule has 1 fully saturated rings. The van der Waals surface area contributed by atoms with Gasteiger partial charge >= 0.3 is 0 Å². The summed E-state index contributed by atoms with van der Waals surface area (Å²) in [6.45, 7) is 8.78. The molecule has 1 aromatic rings. The Labute approximate surface area is 116 Å². The Morgan fingerprint density at radius 1 is 1.32 bits per heavy atom. The molecule has 1 N–H and O–H groups in total. The summed E-state index contributed by atoms with van der Waals surface area (Å²) in [5.74, 6) is 0. The average Bonchev–Trinajstić information content (AvgIpc) is 2.41. The molecule has 0 spiro atoms. The van der Waals surface area contributed by atoms with Gasteiger partial charge in [0.25, 0.3) is 0 Å². The molecule has 1 aromatic carbocycles. The second-order valence-corrected chi connectivity index (χ2v) is 6.14. The molecule has 3 nitrogen and oxygen atoms in total. The van der Waals surface area contributed by atoms with Gasteiger partial charge in [-0.15, -0.1) is 0 Å². The van der Waals surface area contributed by atoms with Gasteiger partial charge in [0, 0.05) is 24.3 Å². The van der Waals surface area contributed by atoms with E-state index in [0.29, 0.717) is 0 Å². The first-order valence-electron chi connectivity index (χ1n) is 7.16. The lowest BCUT2D eigenvalue weighted by molar-refractivity contribution is 0.0931. The Kier molecular flexibility index (Phi) is 4.16. The Hall–Kier alpha value is -1.06. The fourth-order valence-corrected chi connectivity index (χ4v) is 2.86. The normalized spacial score (nSPS) is 23.6. The summed E-state index contributed by atoms with van der Waals surface area (Å²) < 4.78 is 0. The van der Waals surface area contributed by atoms with Crippen LogP contribution >= 0.6 is 0 Å². The molecule has 0 aliphatic carbocycles. The number of hydrogen-bond acceptors (Lipinski definition) is 3. The molecule has 1 aliphatic rings. The lowest BCUT2D eigenvalue weighted by Crippen LogP contribution is -2.63. The van der Waals surface area contributed by atoms with Crippen LogP contribution in [0.15, 0.2) is 24.3 Å². The van der Waals surface area contributed by atoms with Crippen molar-refractivity contribution in [1.82, 2.24) is 4.90 Å². The van der Waals surface area contributed by atoms with Crippen LogP contribution in [0.1, 0.15) is 26.3 Å². The maximum atomic E-state index is 9.71. The van der Waals surface area contributed by atoms with Gasteiger partial charge in [-0.2, -0.15) is 0 Å². The van der Waals surface area contributed by atoms with E-state index in [-0.39, 0.29) is 18.2 Å². The monoisotopic (exact) mass is 262 g/mol. The highest BCUT2D eigenvalue weighted by molar-refractivity contribution is 5.55. The largest absolute Gasteiger partial charge is 0.394 e. The number of likely N-dealkylation sites (N-methyl/N-ethyl adjacent to an activating group) is 1. The van der Waals surface area contributed by atoms with Crippen LogP contribution in [0.5, 0.6) is 0 Å². The highest BCUT2D eigenvalue weighted by atomic mass is 16.3. The lowest BCUT2D eigenvalue weighted by atomic mass is 9.94. The first-order valence-corrected chi connectivity index (χ1v) is 7.16. The predicted octanol–water partition coefficient (Wildman–Crippen LogP) is 2.14. The number of aliphatic hydroxyl groups is 1. The highest BCUT2D eigenvalue weighted by Crippen LogP contribution is 2.30. The molecular formula is C16H26N2O. The third-order valence-corrected chi connectivity index (χ3v) is 4.41. The summed E-state index contributed by atoms with van der Waals surface area (Å²) >= 11 is 0. The second-order valence-electron chi connectivity index (χ2n) is 6.14. The van der Waals surface area contributed by atoms with Gasteiger partial charge in [-0.25, -0.2) is 0 Å². The Morgan fingerprint density at radius 3 is 2.63 bits per heavy atom. The van der Waals surface area contributed by atoms with E-state index < -0.39 is 0 Å². The highest BCUT2D eigenvalue weighted by Gasteiger charge is 2.37. The van der Waals surface area contributed by atoms with Crippen LogP contribution in [0.25, 0.3) is 0 Å². The van der Waals surface area contributed by atoms with Crippen LogP contribution in [0, 0.1) is 0 Å². The van der Waals surface area contributed by atoms with Crippen molar-refractivity contribution in [2.45, 2.75) is 38.8 Å². The SMILES string of the molecule is CCc1ccccc1N1CC(C)(C)N(C)CC1CO. The minimum Gasteiger partial charge on any atom is -0.394 e. The van der Waals surface area contributed by atoms with E-state index in [1.165, 1.54) is 11.3 Å².